The van der Waals surface area contributed by atoms with Crippen molar-refractivity contribution in [2.24, 2.45) is 5.41 Å². The van der Waals surface area contributed by atoms with Crippen LogP contribution in [0.2, 0.25) is 5.02 Å². The summed E-state index contributed by atoms with van der Waals surface area (Å²) in [4.78, 5) is 37.7. The van der Waals surface area contributed by atoms with Crippen molar-refractivity contribution < 1.29 is 14.3 Å². The van der Waals surface area contributed by atoms with Gasteiger partial charge in [0.15, 0.2) is 0 Å². The van der Waals surface area contributed by atoms with E-state index >= 15 is 0 Å². The lowest BCUT2D eigenvalue weighted by Gasteiger charge is -2.44. The third kappa shape index (κ3) is 7.34. The molecule has 3 heterocycles. The fourth-order valence-electron chi connectivity index (χ4n) is 5.57. The normalized spacial score (nSPS) is 24.6. The second-order valence-electron chi connectivity index (χ2n) is 10.7. The second-order valence-corrected chi connectivity index (χ2v) is 11.2. The summed E-state index contributed by atoms with van der Waals surface area (Å²) in [6.45, 7) is 12.6. The molecule has 3 saturated heterocycles. The van der Waals surface area contributed by atoms with E-state index in [9.17, 15) is 9.59 Å². The van der Waals surface area contributed by atoms with Gasteiger partial charge in [-0.3, -0.25) is 14.5 Å². The molecule has 1 aromatic rings. The molecule has 9 heteroatoms. The lowest BCUT2D eigenvalue weighted by atomic mass is 9.77. The molecule has 0 aromatic heterocycles. The number of hydrogen-bond donors (Lipinski definition) is 0. The van der Waals surface area contributed by atoms with Crippen molar-refractivity contribution in [1.29, 1.82) is 0 Å². The van der Waals surface area contributed by atoms with Crippen molar-refractivity contribution in [3.63, 3.8) is 0 Å². The average molecular weight is 520 g/mol. The molecule has 1 aromatic carbocycles. The van der Waals surface area contributed by atoms with Gasteiger partial charge in [-0.25, -0.2) is 0 Å². The Balaban J connectivity index is 1.42. The van der Waals surface area contributed by atoms with Crippen LogP contribution in [0.15, 0.2) is 24.3 Å². The maximum Gasteiger partial charge on any atom is 0.236 e. The predicted octanol–water partition coefficient (Wildman–Crippen LogP) is 2.13. The van der Waals surface area contributed by atoms with E-state index in [1.807, 2.05) is 28.0 Å². The number of nitrogens with zero attached hydrogens (tertiary/aromatic N) is 5. The van der Waals surface area contributed by atoms with Gasteiger partial charge in [-0.05, 0) is 44.6 Å². The van der Waals surface area contributed by atoms with Gasteiger partial charge in [0, 0.05) is 82.3 Å². The highest BCUT2D eigenvalue weighted by Crippen LogP contribution is 2.36. The lowest BCUT2D eigenvalue weighted by Crippen LogP contribution is -2.55. The number of benzene rings is 1. The van der Waals surface area contributed by atoms with Crippen LogP contribution in [0.1, 0.15) is 26.2 Å². The van der Waals surface area contributed by atoms with Crippen molar-refractivity contribution in [3.8, 4) is 5.75 Å². The Morgan fingerprint density at radius 2 is 1.67 bits per heavy atom. The number of carbonyl (C=O) groups excluding carboxylic acids is 2. The zero-order valence-corrected chi connectivity index (χ0v) is 22.7. The van der Waals surface area contributed by atoms with E-state index < -0.39 is 5.41 Å². The lowest BCUT2D eigenvalue weighted by molar-refractivity contribution is -0.143. The zero-order valence-electron chi connectivity index (χ0n) is 22.0. The smallest absolute Gasteiger partial charge is 0.236 e. The van der Waals surface area contributed by atoms with Gasteiger partial charge in [0.25, 0.3) is 0 Å². The maximum absolute atomic E-state index is 13.4. The van der Waals surface area contributed by atoms with E-state index in [2.05, 4.69) is 28.7 Å². The second kappa shape index (κ2) is 12.6. The van der Waals surface area contributed by atoms with E-state index in [1.165, 1.54) is 0 Å². The summed E-state index contributed by atoms with van der Waals surface area (Å²) in [5.74, 6) is 1.03. The highest BCUT2D eigenvalue weighted by molar-refractivity contribution is 6.30. The van der Waals surface area contributed by atoms with E-state index in [0.29, 0.717) is 36.9 Å². The van der Waals surface area contributed by atoms with E-state index in [0.717, 1.165) is 78.3 Å². The molecule has 0 radical (unpaired) electrons. The first kappa shape index (κ1) is 27.2. The Bertz CT molecular complexity index is 886. The van der Waals surface area contributed by atoms with Crippen LogP contribution in [0.4, 0.5) is 0 Å². The minimum absolute atomic E-state index is 0.166. The molecule has 2 amide bonds. The molecule has 3 aliphatic rings. The first-order valence-electron chi connectivity index (χ1n) is 13.4. The number of piperazine rings is 2. The highest BCUT2D eigenvalue weighted by Gasteiger charge is 2.41. The van der Waals surface area contributed by atoms with Gasteiger partial charge in [-0.2, -0.15) is 0 Å². The number of hydrogen-bond acceptors (Lipinski definition) is 6. The van der Waals surface area contributed by atoms with Gasteiger partial charge < -0.3 is 24.3 Å². The molecule has 0 spiro atoms. The standard InChI is InChI=1S/C27H42ClN5O3/c1-3-30-12-14-31(15-13-30)20-26(35)33-9-5-8-27(21-33,22-36-24-7-4-6-23(28)18-24)19-25(34)32-16-10-29(2)11-17-32/h4,6-7,18H,3,5,8-17,19-22H2,1-2H3/t27-/m0/s1. The molecular formula is C27H42ClN5O3. The molecule has 1 atom stereocenters. The largest absolute Gasteiger partial charge is 0.493 e. The molecule has 8 nitrogen and oxygen atoms in total. The number of carbonyl (C=O) groups is 2. The Morgan fingerprint density at radius 3 is 2.36 bits per heavy atom. The Hall–Kier alpha value is -1.87. The van der Waals surface area contributed by atoms with Crippen LogP contribution in [0.25, 0.3) is 0 Å². The first-order chi connectivity index (χ1) is 17.4. The molecule has 36 heavy (non-hydrogen) atoms. The zero-order chi connectivity index (χ0) is 25.5. The minimum atomic E-state index is -0.405. The molecule has 3 fully saturated rings. The molecule has 0 N–H and O–H groups in total. The van der Waals surface area contributed by atoms with Crippen LogP contribution in [0, 0.1) is 5.41 Å². The first-order valence-corrected chi connectivity index (χ1v) is 13.8. The van der Waals surface area contributed by atoms with Gasteiger partial charge in [0.2, 0.25) is 11.8 Å². The van der Waals surface area contributed by atoms with Crippen molar-refractivity contribution in [3.05, 3.63) is 29.3 Å². The van der Waals surface area contributed by atoms with Crippen molar-refractivity contribution in [2.45, 2.75) is 26.2 Å². The summed E-state index contributed by atoms with van der Waals surface area (Å²) in [7, 11) is 2.09. The van der Waals surface area contributed by atoms with E-state index in [-0.39, 0.29) is 11.8 Å². The number of piperidine rings is 1. The third-order valence-electron chi connectivity index (χ3n) is 8.01. The van der Waals surface area contributed by atoms with Crippen LogP contribution in [0.5, 0.6) is 5.75 Å². The van der Waals surface area contributed by atoms with Crippen molar-refractivity contribution in [1.82, 2.24) is 24.5 Å². The van der Waals surface area contributed by atoms with Gasteiger partial charge in [0.1, 0.15) is 5.75 Å². The van der Waals surface area contributed by atoms with Gasteiger partial charge in [-0.1, -0.05) is 24.6 Å². The topological polar surface area (TPSA) is 59.6 Å². The predicted molar refractivity (Wildman–Crippen MR) is 142 cm³/mol. The van der Waals surface area contributed by atoms with Crippen molar-refractivity contribution in [2.75, 3.05) is 92.2 Å². The van der Waals surface area contributed by atoms with Gasteiger partial charge in [0.05, 0.1) is 13.2 Å². The van der Waals surface area contributed by atoms with Crippen LogP contribution < -0.4 is 4.74 Å². The maximum atomic E-state index is 13.4. The Kier molecular flexibility index (Phi) is 9.50. The van der Waals surface area contributed by atoms with Gasteiger partial charge in [-0.15, -0.1) is 0 Å². The quantitative estimate of drug-likeness (QED) is 0.524. The molecule has 0 unspecified atom stereocenters. The highest BCUT2D eigenvalue weighted by atomic mass is 35.5. The fourth-order valence-corrected chi connectivity index (χ4v) is 5.75. The molecule has 4 rings (SSSR count). The van der Waals surface area contributed by atoms with Crippen LogP contribution in [0.3, 0.4) is 0 Å². The number of amides is 2. The van der Waals surface area contributed by atoms with Crippen LogP contribution >= 0.6 is 11.6 Å². The number of halogens is 1. The van der Waals surface area contributed by atoms with Gasteiger partial charge >= 0.3 is 0 Å². The molecular weight excluding hydrogens is 478 g/mol. The summed E-state index contributed by atoms with van der Waals surface area (Å²) >= 11 is 6.17. The number of rotatable bonds is 8. The monoisotopic (exact) mass is 519 g/mol. The molecule has 0 aliphatic carbocycles. The molecule has 3 aliphatic heterocycles. The van der Waals surface area contributed by atoms with Crippen LogP contribution in [-0.2, 0) is 9.59 Å². The summed E-state index contributed by atoms with van der Waals surface area (Å²) in [6, 6.07) is 7.39. The summed E-state index contributed by atoms with van der Waals surface area (Å²) in [6.07, 6.45) is 2.15. The number of likely N-dealkylation sites (tertiary alicyclic amines) is 1. The minimum Gasteiger partial charge on any atom is -0.493 e. The Morgan fingerprint density at radius 1 is 0.944 bits per heavy atom. The van der Waals surface area contributed by atoms with E-state index in [1.54, 1.807) is 6.07 Å². The Labute approximate surface area is 221 Å². The molecule has 0 bridgehead atoms. The summed E-state index contributed by atoms with van der Waals surface area (Å²) in [5.41, 5.74) is -0.405. The third-order valence-corrected chi connectivity index (χ3v) is 8.24. The number of likely N-dealkylation sites (N-methyl/N-ethyl adjacent to an activating group) is 2. The number of ether oxygens (including phenoxy) is 1. The summed E-state index contributed by atoms with van der Waals surface area (Å²) < 4.78 is 6.22. The van der Waals surface area contributed by atoms with Crippen molar-refractivity contribution >= 4 is 23.4 Å². The SMILES string of the molecule is CCN1CCN(CC(=O)N2CCC[C@](COc3cccc(Cl)c3)(CC(=O)N3CCN(C)CC3)C2)CC1. The fraction of sp³-hybridized carbons (Fsp3) is 0.704. The van der Waals surface area contributed by atoms with E-state index in [4.69, 9.17) is 16.3 Å². The average Bonchev–Trinajstić information content (AvgIpc) is 2.88. The molecule has 200 valence electrons. The van der Waals surface area contributed by atoms with Crippen LogP contribution in [-0.4, -0.2) is 129 Å². The molecule has 0 saturated carbocycles. The summed E-state index contributed by atoms with van der Waals surface area (Å²) in [5, 5.41) is 0.624.